The molecular formula is C17H26N2O2S. The van der Waals surface area contributed by atoms with E-state index in [1.54, 1.807) is 11.3 Å². The molecule has 5 heteroatoms. The Kier molecular flexibility index (Phi) is 5.16. The van der Waals surface area contributed by atoms with Crippen molar-refractivity contribution in [3.8, 4) is 0 Å². The molecule has 4 nitrogen and oxygen atoms in total. The van der Waals surface area contributed by atoms with Crippen LogP contribution in [-0.4, -0.2) is 49.7 Å². The van der Waals surface area contributed by atoms with E-state index in [-0.39, 0.29) is 5.91 Å². The fraction of sp³-hybridized carbons (Fsp3) is 0.706. The van der Waals surface area contributed by atoms with Crippen LogP contribution in [0.4, 0.5) is 0 Å². The van der Waals surface area contributed by atoms with Crippen molar-refractivity contribution in [3.05, 3.63) is 21.4 Å². The maximum Gasteiger partial charge on any atom is 0.261 e. The molecule has 1 aromatic heterocycles. The van der Waals surface area contributed by atoms with Crippen molar-refractivity contribution in [2.45, 2.75) is 39.2 Å². The molecule has 122 valence electrons. The summed E-state index contributed by atoms with van der Waals surface area (Å²) in [6, 6.07) is 2.49. The van der Waals surface area contributed by atoms with Crippen LogP contribution in [0, 0.1) is 5.92 Å². The standard InChI is InChI=1S/C17H26N2O2S/c1-12(2)14(19-6-8-21-9-7-19)11-18-17(20)16-10-13-4-3-5-15(13)22-16/h10,12,14H,3-9,11H2,1-2H3,(H,18,20)/t14-/m0/s1. The lowest BCUT2D eigenvalue weighted by Gasteiger charge is -2.36. The maximum absolute atomic E-state index is 12.4. The first-order chi connectivity index (χ1) is 10.6. The van der Waals surface area contributed by atoms with Crippen LogP contribution in [0.2, 0.25) is 0 Å². The second-order valence-corrected chi connectivity index (χ2v) is 7.72. The van der Waals surface area contributed by atoms with Gasteiger partial charge in [0.15, 0.2) is 0 Å². The van der Waals surface area contributed by atoms with E-state index in [2.05, 4.69) is 30.1 Å². The van der Waals surface area contributed by atoms with E-state index in [1.165, 1.54) is 16.9 Å². The Morgan fingerprint density at radius 3 is 2.82 bits per heavy atom. The zero-order valence-electron chi connectivity index (χ0n) is 13.6. The minimum Gasteiger partial charge on any atom is -0.379 e. The molecule has 1 saturated heterocycles. The summed E-state index contributed by atoms with van der Waals surface area (Å²) in [4.78, 5) is 17.2. The molecule has 0 aromatic carbocycles. The number of fused-ring (bicyclic) bond motifs is 1. The van der Waals surface area contributed by atoms with Crippen molar-refractivity contribution in [2.24, 2.45) is 5.92 Å². The van der Waals surface area contributed by atoms with Gasteiger partial charge < -0.3 is 10.1 Å². The number of amides is 1. The summed E-state index contributed by atoms with van der Waals surface area (Å²) in [5, 5.41) is 3.16. The Morgan fingerprint density at radius 1 is 1.36 bits per heavy atom. The molecule has 1 aliphatic heterocycles. The number of nitrogens with one attached hydrogen (secondary N) is 1. The van der Waals surface area contributed by atoms with E-state index in [9.17, 15) is 4.79 Å². The van der Waals surface area contributed by atoms with Crippen LogP contribution in [0.15, 0.2) is 6.07 Å². The minimum absolute atomic E-state index is 0.0957. The van der Waals surface area contributed by atoms with E-state index < -0.39 is 0 Å². The number of aryl methyl sites for hydroxylation is 2. The molecule has 0 spiro atoms. The molecule has 1 amide bonds. The van der Waals surface area contributed by atoms with Gasteiger partial charge in [0.2, 0.25) is 0 Å². The summed E-state index contributed by atoms with van der Waals surface area (Å²) in [5.41, 5.74) is 1.39. The van der Waals surface area contributed by atoms with Crippen molar-refractivity contribution in [1.82, 2.24) is 10.2 Å². The van der Waals surface area contributed by atoms with Crippen LogP contribution >= 0.6 is 11.3 Å². The summed E-state index contributed by atoms with van der Waals surface area (Å²) in [7, 11) is 0. The molecule has 0 bridgehead atoms. The van der Waals surface area contributed by atoms with Gasteiger partial charge in [0.05, 0.1) is 18.1 Å². The van der Waals surface area contributed by atoms with E-state index in [0.29, 0.717) is 12.0 Å². The third kappa shape index (κ3) is 3.53. The smallest absolute Gasteiger partial charge is 0.261 e. The number of thiophene rings is 1. The SMILES string of the molecule is CC(C)[C@H](CNC(=O)c1cc2c(s1)CCC2)N1CCOCC1. The molecule has 1 N–H and O–H groups in total. The Labute approximate surface area is 136 Å². The Balaban J connectivity index is 1.57. The molecule has 3 rings (SSSR count). The Morgan fingerprint density at radius 2 is 2.14 bits per heavy atom. The summed E-state index contributed by atoms with van der Waals surface area (Å²) >= 11 is 1.68. The lowest BCUT2D eigenvalue weighted by Crippen LogP contribution is -2.51. The Bertz CT molecular complexity index is 499. The highest BCUT2D eigenvalue weighted by atomic mass is 32.1. The third-order valence-electron chi connectivity index (χ3n) is 4.73. The number of ether oxygens (including phenoxy) is 1. The molecule has 1 fully saturated rings. The second kappa shape index (κ2) is 7.11. The maximum atomic E-state index is 12.4. The highest BCUT2D eigenvalue weighted by Crippen LogP contribution is 2.30. The van der Waals surface area contributed by atoms with Crippen LogP contribution in [0.25, 0.3) is 0 Å². The summed E-state index contributed by atoms with van der Waals surface area (Å²) in [5.74, 6) is 0.616. The largest absolute Gasteiger partial charge is 0.379 e. The molecule has 0 unspecified atom stereocenters. The lowest BCUT2D eigenvalue weighted by molar-refractivity contribution is 0.00674. The van der Waals surface area contributed by atoms with Gasteiger partial charge in [-0.3, -0.25) is 9.69 Å². The van der Waals surface area contributed by atoms with Crippen molar-refractivity contribution in [3.63, 3.8) is 0 Å². The fourth-order valence-corrected chi connectivity index (χ4v) is 4.59. The Hall–Kier alpha value is -0.910. The second-order valence-electron chi connectivity index (χ2n) is 6.58. The van der Waals surface area contributed by atoms with Crippen molar-refractivity contribution >= 4 is 17.2 Å². The monoisotopic (exact) mass is 322 g/mol. The van der Waals surface area contributed by atoms with Gasteiger partial charge >= 0.3 is 0 Å². The quantitative estimate of drug-likeness (QED) is 0.904. The van der Waals surface area contributed by atoms with Crippen LogP contribution in [0.5, 0.6) is 0 Å². The van der Waals surface area contributed by atoms with E-state index in [4.69, 9.17) is 4.74 Å². The number of carbonyl (C=O) groups excluding carboxylic acids is 1. The summed E-state index contributed by atoms with van der Waals surface area (Å²) < 4.78 is 5.43. The minimum atomic E-state index is 0.0957. The van der Waals surface area contributed by atoms with Crippen LogP contribution < -0.4 is 5.32 Å². The number of rotatable bonds is 5. The average molecular weight is 322 g/mol. The highest BCUT2D eigenvalue weighted by molar-refractivity contribution is 7.14. The van der Waals surface area contributed by atoms with Gasteiger partial charge in [0, 0.05) is 30.6 Å². The summed E-state index contributed by atoms with van der Waals surface area (Å²) in [6.07, 6.45) is 3.53. The fourth-order valence-electron chi connectivity index (χ4n) is 3.42. The van der Waals surface area contributed by atoms with Gasteiger partial charge in [-0.25, -0.2) is 0 Å². The molecule has 1 aliphatic carbocycles. The van der Waals surface area contributed by atoms with Gasteiger partial charge in [-0.1, -0.05) is 13.8 Å². The van der Waals surface area contributed by atoms with Crippen molar-refractivity contribution in [1.29, 1.82) is 0 Å². The molecule has 0 radical (unpaired) electrons. The molecule has 2 heterocycles. The van der Waals surface area contributed by atoms with Gasteiger partial charge in [0.25, 0.3) is 5.91 Å². The number of nitrogens with zero attached hydrogens (tertiary/aromatic N) is 1. The molecule has 1 aromatic rings. The average Bonchev–Trinajstić information content (AvgIpc) is 3.09. The van der Waals surface area contributed by atoms with Crippen molar-refractivity contribution < 1.29 is 9.53 Å². The molecule has 22 heavy (non-hydrogen) atoms. The van der Waals surface area contributed by atoms with Crippen LogP contribution in [-0.2, 0) is 17.6 Å². The zero-order chi connectivity index (χ0) is 15.5. The van der Waals surface area contributed by atoms with Gasteiger partial charge in [-0.2, -0.15) is 0 Å². The van der Waals surface area contributed by atoms with Crippen LogP contribution in [0.1, 0.15) is 40.4 Å². The van der Waals surface area contributed by atoms with E-state index >= 15 is 0 Å². The highest BCUT2D eigenvalue weighted by Gasteiger charge is 2.25. The number of carbonyl (C=O) groups is 1. The predicted octanol–water partition coefficient (Wildman–Crippen LogP) is 2.32. The van der Waals surface area contributed by atoms with Gasteiger partial charge in [-0.15, -0.1) is 11.3 Å². The zero-order valence-corrected chi connectivity index (χ0v) is 14.4. The van der Waals surface area contributed by atoms with Gasteiger partial charge in [0.1, 0.15) is 0 Å². The van der Waals surface area contributed by atoms with Crippen LogP contribution in [0.3, 0.4) is 0 Å². The molecular weight excluding hydrogens is 296 g/mol. The molecule has 2 aliphatic rings. The topological polar surface area (TPSA) is 41.6 Å². The first-order valence-electron chi connectivity index (χ1n) is 8.36. The van der Waals surface area contributed by atoms with E-state index in [1.807, 2.05) is 0 Å². The number of morpholine rings is 1. The number of hydrogen-bond donors (Lipinski definition) is 1. The molecule has 1 atom stereocenters. The summed E-state index contributed by atoms with van der Waals surface area (Å²) in [6.45, 7) is 8.71. The third-order valence-corrected chi connectivity index (χ3v) is 5.96. The van der Waals surface area contributed by atoms with Crippen molar-refractivity contribution in [2.75, 3.05) is 32.8 Å². The van der Waals surface area contributed by atoms with Gasteiger partial charge in [-0.05, 0) is 36.8 Å². The first kappa shape index (κ1) is 16.0. The lowest BCUT2D eigenvalue weighted by atomic mass is 10.0. The normalized spacial score (nSPS) is 20.1. The number of hydrogen-bond acceptors (Lipinski definition) is 4. The first-order valence-corrected chi connectivity index (χ1v) is 9.18. The molecule has 0 saturated carbocycles. The van der Waals surface area contributed by atoms with E-state index in [0.717, 1.165) is 50.6 Å². The predicted molar refractivity (Wildman–Crippen MR) is 89.7 cm³/mol.